The first-order chi connectivity index (χ1) is 13.6. The maximum absolute atomic E-state index is 12.1. The molecule has 1 N–H and O–H groups in total. The van der Waals surface area contributed by atoms with Crippen LogP contribution in [0.5, 0.6) is 5.75 Å². The Hall–Kier alpha value is -3.06. The third-order valence-corrected chi connectivity index (χ3v) is 4.21. The maximum atomic E-state index is 12.1. The van der Waals surface area contributed by atoms with Crippen molar-refractivity contribution in [2.24, 2.45) is 0 Å². The van der Waals surface area contributed by atoms with Gasteiger partial charge in [-0.3, -0.25) is 9.59 Å². The molecule has 0 spiro atoms. The van der Waals surface area contributed by atoms with Gasteiger partial charge in [-0.15, -0.1) is 0 Å². The molecule has 1 heterocycles. The molecule has 0 aliphatic rings. The first-order valence-electron chi connectivity index (χ1n) is 8.81. The Morgan fingerprint density at radius 2 is 1.89 bits per heavy atom. The molecule has 7 nitrogen and oxygen atoms in total. The average Bonchev–Trinajstić information content (AvgIpc) is 3.03. The van der Waals surface area contributed by atoms with Crippen LogP contribution in [0, 0.1) is 0 Å². The van der Waals surface area contributed by atoms with E-state index in [4.69, 9.17) is 21.1 Å². The topological polar surface area (TPSA) is 82.5 Å². The number of imidazole rings is 1. The van der Waals surface area contributed by atoms with Crippen LogP contribution in [0.1, 0.15) is 12.7 Å². The third kappa shape index (κ3) is 5.01. The number of hydrogen-bond acceptors (Lipinski definition) is 5. The number of carbonyl (C=O) groups is 2. The van der Waals surface area contributed by atoms with E-state index >= 15 is 0 Å². The zero-order valence-corrected chi connectivity index (χ0v) is 16.1. The van der Waals surface area contributed by atoms with Gasteiger partial charge in [-0.05, 0) is 43.3 Å². The standard InChI is InChI=1S/C20H20ClN3O4/c1-2-27-20(26)12-24-17-6-4-3-5-16(17)23-18(24)11-22-19(25)13-28-15-9-7-14(21)8-10-15/h3-10H,2,11-13H2,1H3,(H,22,25). The summed E-state index contributed by atoms with van der Waals surface area (Å²) in [5.41, 5.74) is 1.55. The van der Waals surface area contributed by atoms with Crippen molar-refractivity contribution >= 4 is 34.5 Å². The summed E-state index contributed by atoms with van der Waals surface area (Å²) in [4.78, 5) is 28.6. The number of halogens is 1. The van der Waals surface area contributed by atoms with E-state index < -0.39 is 0 Å². The minimum Gasteiger partial charge on any atom is -0.484 e. The number of para-hydroxylation sites is 2. The minimum absolute atomic E-state index is 0.0286. The highest BCUT2D eigenvalue weighted by Gasteiger charge is 2.15. The smallest absolute Gasteiger partial charge is 0.326 e. The number of benzene rings is 2. The molecule has 0 saturated heterocycles. The van der Waals surface area contributed by atoms with E-state index in [-0.39, 0.29) is 31.6 Å². The molecule has 146 valence electrons. The van der Waals surface area contributed by atoms with Crippen LogP contribution in [-0.4, -0.2) is 34.6 Å². The fourth-order valence-electron chi connectivity index (χ4n) is 2.68. The van der Waals surface area contributed by atoms with Gasteiger partial charge in [0.05, 0.1) is 24.2 Å². The Kier molecular flexibility index (Phi) is 6.49. The molecule has 1 amide bonds. The van der Waals surface area contributed by atoms with Crippen molar-refractivity contribution < 1.29 is 19.1 Å². The quantitative estimate of drug-likeness (QED) is 0.587. The van der Waals surface area contributed by atoms with Gasteiger partial charge in [0.2, 0.25) is 0 Å². The van der Waals surface area contributed by atoms with Crippen LogP contribution >= 0.6 is 11.6 Å². The van der Waals surface area contributed by atoms with Crippen molar-refractivity contribution in [3.8, 4) is 5.75 Å². The Balaban J connectivity index is 1.65. The summed E-state index contributed by atoms with van der Waals surface area (Å²) >= 11 is 5.82. The lowest BCUT2D eigenvalue weighted by Gasteiger charge is -2.10. The second-order valence-electron chi connectivity index (χ2n) is 5.93. The molecule has 2 aromatic carbocycles. The second kappa shape index (κ2) is 9.23. The fourth-order valence-corrected chi connectivity index (χ4v) is 2.81. The molecule has 3 aromatic rings. The molecule has 0 atom stereocenters. The van der Waals surface area contributed by atoms with Gasteiger partial charge < -0.3 is 19.4 Å². The summed E-state index contributed by atoms with van der Waals surface area (Å²) in [6, 6.07) is 14.2. The summed E-state index contributed by atoms with van der Waals surface area (Å²) in [5, 5.41) is 3.36. The largest absolute Gasteiger partial charge is 0.484 e. The number of amides is 1. The molecular weight excluding hydrogens is 382 g/mol. The van der Waals surface area contributed by atoms with Crippen molar-refractivity contribution in [3.63, 3.8) is 0 Å². The summed E-state index contributed by atoms with van der Waals surface area (Å²) in [6.07, 6.45) is 0. The number of carbonyl (C=O) groups excluding carboxylic acids is 2. The van der Waals surface area contributed by atoms with Crippen LogP contribution in [0.15, 0.2) is 48.5 Å². The predicted molar refractivity (Wildman–Crippen MR) is 105 cm³/mol. The number of esters is 1. The molecule has 1 aromatic heterocycles. The average molecular weight is 402 g/mol. The molecule has 0 aliphatic carbocycles. The SMILES string of the molecule is CCOC(=O)Cn1c(CNC(=O)COc2ccc(Cl)cc2)nc2ccccc21. The van der Waals surface area contributed by atoms with E-state index in [1.165, 1.54) is 0 Å². The first kappa shape index (κ1) is 19.7. The van der Waals surface area contributed by atoms with Crippen LogP contribution in [0.3, 0.4) is 0 Å². The summed E-state index contributed by atoms with van der Waals surface area (Å²) in [5.74, 6) is 0.456. The van der Waals surface area contributed by atoms with Gasteiger partial charge in [-0.1, -0.05) is 23.7 Å². The molecule has 0 bridgehead atoms. The highest BCUT2D eigenvalue weighted by molar-refractivity contribution is 6.30. The van der Waals surface area contributed by atoms with Crippen molar-refractivity contribution in [1.29, 1.82) is 0 Å². The summed E-state index contributed by atoms with van der Waals surface area (Å²) < 4.78 is 12.2. The number of rotatable bonds is 8. The van der Waals surface area contributed by atoms with Crippen molar-refractivity contribution in [3.05, 3.63) is 59.4 Å². The zero-order valence-electron chi connectivity index (χ0n) is 15.4. The van der Waals surface area contributed by atoms with Crippen molar-refractivity contribution in [2.45, 2.75) is 20.0 Å². The van der Waals surface area contributed by atoms with Crippen LogP contribution in [0.4, 0.5) is 0 Å². The van der Waals surface area contributed by atoms with Gasteiger partial charge in [-0.25, -0.2) is 4.98 Å². The Morgan fingerprint density at radius 1 is 1.14 bits per heavy atom. The monoisotopic (exact) mass is 401 g/mol. The van der Waals surface area contributed by atoms with E-state index in [9.17, 15) is 9.59 Å². The van der Waals surface area contributed by atoms with E-state index in [2.05, 4.69) is 10.3 Å². The van der Waals surface area contributed by atoms with Crippen molar-refractivity contribution in [1.82, 2.24) is 14.9 Å². The highest BCUT2D eigenvalue weighted by Crippen LogP contribution is 2.17. The van der Waals surface area contributed by atoms with Crippen LogP contribution < -0.4 is 10.1 Å². The van der Waals surface area contributed by atoms with E-state index in [0.29, 0.717) is 23.2 Å². The Labute approximate surface area is 167 Å². The normalized spacial score (nSPS) is 10.6. The molecule has 3 rings (SSSR count). The molecule has 0 aliphatic heterocycles. The first-order valence-corrected chi connectivity index (χ1v) is 9.19. The number of nitrogens with zero attached hydrogens (tertiary/aromatic N) is 2. The lowest BCUT2D eigenvalue weighted by Crippen LogP contribution is -2.30. The zero-order chi connectivity index (χ0) is 19.9. The van der Waals surface area contributed by atoms with Crippen LogP contribution in [-0.2, 0) is 27.4 Å². The number of hydrogen-bond donors (Lipinski definition) is 1. The lowest BCUT2D eigenvalue weighted by atomic mass is 10.3. The van der Waals surface area contributed by atoms with E-state index in [1.807, 2.05) is 24.3 Å². The number of nitrogens with one attached hydrogen (secondary N) is 1. The molecule has 0 fully saturated rings. The third-order valence-electron chi connectivity index (χ3n) is 3.95. The van der Waals surface area contributed by atoms with Gasteiger partial charge in [0.25, 0.3) is 5.91 Å². The number of aromatic nitrogens is 2. The Morgan fingerprint density at radius 3 is 2.64 bits per heavy atom. The predicted octanol–water partition coefficient (Wildman–Crippen LogP) is 2.95. The summed E-state index contributed by atoms with van der Waals surface area (Å²) in [7, 11) is 0. The van der Waals surface area contributed by atoms with Gasteiger partial charge >= 0.3 is 5.97 Å². The lowest BCUT2D eigenvalue weighted by molar-refractivity contribution is -0.143. The second-order valence-corrected chi connectivity index (χ2v) is 6.36. The number of fused-ring (bicyclic) bond motifs is 1. The minimum atomic E-state index is -0.357. The molecule has 0 radical (unpaired) electrons. The molecule has 0 saturated carbocycles. The highest BCUT2D eigenvalue weighted by atomic mass is 35.5. The van der Waals surface area contributed by atoms with E-state index in [0.717, 1.165) is 11.0 Å². The molecule has 0 unspecified atom stereocenters. The number of ether oxygens (including phenoxy) is 2. The molecule has 28 heavy (non-hydrogen) atoms. The van der Waals surface area contributed by atoms with Crippen LogP contribution in [0.25, 0.3) is 11.0 Å². The van der Waals surface area contributed by atoms with E-state index in [1.54, 1.807) is 35.8 Å². The van der Waals surface area contributed by atoms with Gasteiger partial charge in [0.15, 0.2) is 6.61 Å². The Bertz CT molecular complexity index is 969. The summed E-state index contributed by atoms with van der Waals surface area (Å²) in [6.45, 7) is 2.11. The van der Waals surface area contributed by atoms with Crippen LogP contribution in [0.2, 0.25) is 5.02 Å². The van der Waals surface area contributed by atoms with Gasteiger partial charge in [0.1, 0.15) is 18.1 Å². The van der Waals surface area contributed by atoms with Crippen molar-refractivity contribution in [2.75, 3.05) is 13.2 Å². The fraction of sp³-hybridized carbons (Fsp3) is 0.250. The molecule has 8 heteroatoms. The maximum Gasteiger partial charge on any atom is 0.326 e. The molecular formula is C20H20ClN3O4. The van der Waals surface area contributed by atoms with Gasteiger partial charge in [-0.2, -0.15) is 0 Å². The van der Waals surface area contributed by atoms with Gasteiger partial charge in [0, 0.05) is 5.02 Å².